The minimum Gasteiger partial charge on any atom is -0.457 e. The van der Waals surface area contributed by atoms with E-state index >= 15 is 0 Å². The second-order valence-electron chi connectivity index (χ2n) is 16.1. The lowest BCUT2D eigenvalue weighted by atomic mass is 9.66. The van der Waals surface area contributed by atoms with E-state index in [0.717, 1.165) is 88.2 Å². The quantitative estimate of drug-likeness (QED) is 0.173. The zero-order chi connectivity index (χ0) is 40.8. The third-order valence-corrected chi connectivity index (χ3v) is 14.8. The molecule has 0 N–H and O–H groups in total. The predicted molar refractivity (Wildman–Crippen MR) is 257 cm³/mol. The Labute approximate surface area is 366 Å². The van der Waals surface area contributed by atoms with Gasteiger partial charge in [0.1, 0.15) is 21.5 Å². The van der Waals surface area contributed by atoms with Crippen molar-refractivity contribution >= 4 is 43.1 Å². The summed E-state index contributed by atoms with van der Waals surface area (Å²) in [6, 6.07) is 74.7. The van der Waals surface area contributed by atoms with E-state index < -0.39 is 5.41 Å². The molecule has 0 unspecified atom stereocenters. The monoisotopic (exact) mass is 826 g/mol. The van der Waals surface area contributed by atoms with Crippen molar-refractivity contribution < 1.29 is 4.74 Å². The van der Waals surface area contributed by atoms with Gasteiger partial charge in [-0.3, -0.25) is 0 Å². The average molecular weight is 827 g/mol. The first-order valence-electron chi connectivity index (χ1n) is 20.9. The molecule has 1 aliphatic heterocycles. The summed E-state index contributed by atoms with van der Waals surface area (Å²) in [5.41, 5.74) is 18.1. The molecule has 1 aliphatic carbocycles. The Kier molecular flexibility index (Phi) is 7.86. The first-order valence-corrected chi connectivity index (χ1v) is 22.5. The Morgan fingerprint density at radius 1 is 0.323 bits per heavy atom. The number of aromatic nitrogens is 2. The smallest absolute Gasteiger partial charge is 0.132 e. The first-order chi connectivity index (χ1) is 30.7. The molecule has 0 atom stereocenters. The van der Waals surface area contributed by atoms with Crippen LogP contribution in [-0.4, -0.2) is 9.97 Å². The third kappa shape index (κ3) is 5.42. The maximum Gasteiger partial charge on any atom is 0.132 e. The van der Waals surface area contributed by atoms with Crippen LogP contribution in [0.4, 0.5) is 0 Å². The molecular weight excluding hydrogens is 793 g/mol. The molecule has 62 heavy (non-hydrogen) atoms. The van der Waals surface area contributed by atoms with E-state index in [1.54, 1.807) is 22.7 Å². The number of hydrogen-bond donors (Lipinski definition) is 0. The van der Waals surface area contributed by atoms with Gasteiger partial charge in [0.25, 0.3) is 0 Å². The maximum absolute atomic E-state index is 6.64. The van der Waals surface area contributed by atoms with E-state index in [9.17, 15) is 0 Å². The Balaban J connectivity index is 0.977. The van der Waals surface area contributed by atoms with E-state index in [2.05, 4.69) is 206 Å². The topological polar surface area (TPSA) is 35.0 Å². The molecule has 13 rings (SSSR count). The molecule has 0 bridgehead atoms. The van der Waals surface area contributed by atoms with Crippen LogP contribution in [-0.2, 0) is 5.41 Å². The largest absolute Gasteiger partial charge is 0.457 e. The molecule has 1 spiro atoms. The van der Waals surface area contributed by atoms with Crippen LogP contribution in [0.25, 0.3) is 86.1 Å². The normalized spacial score (nSPS) is 13.1. The van der Waals surface area contributed by atoms with Crippen LogP contribution in [0.15, 0.2) is 206 Å². The maximum atomic E-state index is 6.64. The fraction of sp³-hybridized carbons (Fsp3) is 0.0175. The van der Waals surface area contributed by atoms with Gasteiger partial charge < -0.3 is 4.74 Å². The van der Waals surface area contributed by atoms with Crippen molar-refractivity contribution in [3.8, 4) is 77.1 Å². The third-order valence-electron chi connectivity index (χ3n) is 12.6. The number of thiazole rings is 2. The van der Waals surface area contributed by atoms with Crippen molar-refractivity contribution in [2.45, 2.75) is 5.41 Å². The van der Waals surface area contributed by atoms with E-state index in [1.807, 2.05) is 0 Å². The van der Waals surface area contributed by atoms with Crippen LogP contribution in [0.3, 0.4) is 0 Å². The van der Waals surface area contributed by atoms with E-state index in [1.165, 1.54) is 31.7 Å². The highest BCUT2D eigenvalue weighted by Crippen LogP contribution is 2.62. The highest BCUT2D eigenvalue weighted by Gasteiger charge is 2.51. The van der Waals surface area contributed by atoms with Gasteiger partial charge in [-0.25, -0.2) is 9.97 Å². The molecule has 11 aromatic rings. The predicted octanol–water partition coefficient (Wildman–Crippen LogP) is 15.7. The second kappa shape index (κ2) is 13.8. The number of para-hydroxylation sites is 4. The lowest BCUT2D eigenvalue weighted by Crippen LogP contribution is -2.32. The van der Waals surface area contributed by atoms with Gasteiger partial charge in [-0.1, -0.05) is 146 Å². The number of rotatable bonds is 5. The van der Waals surface area contributed by atoms with Crippen LogP contribution >= 0.6 is 22.7 Å². The standard InChI is InChI=1S/C57H34N2OS2/c1-2-12-45-43(11-1)44-30-29-39(34-48(44)57(45)46-13-3-7-17-51(46)60-52-18-8-4-14-47(52)57)42-32-40(35-21-25-37(26-22-35)55-58-49-15-5-9-19-53(49)61-55)31-41(33-42)36-23-27-38(28-24-36)56-59-50-16-6-10-20-54(50)62-56/h1-34H. The molecular formula is C57H34N2OS2. The first kappa shape index (κ1) is 35.3. The molecule has 0 radical (unpaired) electrons. The number of hydrogen-bond acceptors (Lipinski definition) is 5. The molecule has 0 amide bonds. The molecule has 2 aliphatic rings. The van der Waals surface area contributed by atoms with Gasteiger partial charge in [0.05, 0.1) is 25.8 Å². The second-order valence-corrected chi connectivity index (χ2v) is 18.1. The number of fused-ring (bicyclic) bond motifs is 11. The summed E-state index contributed by atoms with van der Waals surface area (Å²) < 4.78 is 9.03. The Bertz CT molecular complexity index is 3320. The lowest BCUT2D eigenvalue weighted by molar-refractivity contribution is 0.436. The van der Waals surface area contributed by atoms with Gasteiger partial charge in [0.2, 0.25) is 0 Å². The molecule has 5 heteroatoms. The molecule has 0 saturated heterocycles. The van der Waals surface area contributed by atoms with Crippen LogP contribution < -0.4 is 4.74 Å². The number of ether oxygens (including phenoxy) is 1. The van der Waals surface area contributed by atoms with Gasteiger partial charge in [-0.15, -0.1) is 22.7 Å². The fourth-order valence-corrected chi connectivity index (χ4v) is 11.7. The summed E-state index contributed by atoms with van der Waals surface area (Å²) in [6.45, 7) is 0. The van der Waals surface area contributed by atoms with E-state index in [-0.39, 0.29) is 0 Å². The Hall–Kier alpha value is -7.44. The number of nitrogens with zero attached hydrogens (tertiary/aromatic N) is 2. The summed E-state index contributed by atoms with van der Waals surface area (Å²) in [5, 5.41) is 2.06. The van der Waals surface area contributed by atoms with Crippen molar-refractivity contribution in [3.63, 3.8) is 0 Å². The fourth-order valence-electron chi connectivity index (χ4n) is 9.76. The van der Waals surface area contributed by atoms with Crippen molar-refractivity contribution in [2.24, 2.45) is 0 Å². The van der Waals surface area contributed by atoms with Crippen LogP contribution in [0, 0.1) is 0 Å². The summed E-state index contributed by atoms with van der Waals surface area (Å²) >= 11 is 3.47. The highest BCUT2D eigenvalue weighted by molar-refractivity contribution is 7.22. The average Bonchev–Trinajstić information content (AvgIpc) is 4.05. The van der Waals surface area contributed by atoms with Gasteiger partial charge in [-0.2, -0.15) is 0 Å². The van der Waals surface area contributed by atoms with Gasteiger partial charge in [0, 0.05) is 22.3 Å². The molecule has 290 valence electrons. The Morgan fingerprint density at radius 3 is 1.29 bits per heavy atom. The summed E-state index contributed by atoms with van der Waals surface area (Å²) in [5.74, 6) is 1.79. The summed E-state index contributed by atoms with van der Waals surface area (Å²) in [4.78, 5) is 9.90. The molecule has 0 fully saturated rings. The van der Waals surface area contributed by atoms with Crippen molar-refractivity contribution in [1.29, 1.82) is 0 Å². The van der Waals surface area contributed by atoms with Crippen LogP contribution in [0.1, 0.15) is 22.3 Å². The molecule has 2 aromatic heterocycles. The number of benzene rings is 9. The van der Waals surface area contributed by atoms with Crippen molar-refractivity contribution in [2.75, 3.05) is 0 Å². The van der Waals surface area contributed by atoms with Crippen molar-refractivity contribution in [1.82, 2.24) is 9.97 Å². The molecule has 0 saturated carbocycles. The van der Waals surface area contributed by atoms with Crippen LogP contribution in [0.5, 0.6) is 11.5 Å². The Morgan fingerprint density at radius 2 is 0.742 bits per heavy atom. The van der Waals surface area contributed by atoms with E-state index in [4.69, 9.17) is 14.7 Å². The SMILES string of the molecule is c1ccc2c(c1)Oc1ccccc1C21c2ccccc2-c2ccc(-c3cc(-c4ccc(-c5nc6ccccc6s5)cc4)cc(-c4ccc(-c5nc6ccccc6s5)cc4)c3)cc21. The van der Waals surface area contributed by atoms with Gasteiger partial charge >= 0.3 is 0 Å². The highest BCUT2D eigenvalue weighted by atomic mass is 32.1. The summed E-state index contributed by atoms with van der Waals surface area (Å²) in [7, 11) is 0. The van der Waals surface area contributed by atoms with Crippen molar-refractivity contribution in [3.05, 3.63) is 229 Å². The minimum absolute atomic E-state index is 0.541. The van der Waals surface area contributed by atoms with E-state index in [0.29, 0.717) is 0 Å². The zero-order valence-corrected chi connectivity index (χ0v) is 34.9. The van der Waals surface area contributed by atoms with Gasteiger partial charge in [0.15, 0.2) is 0 Å². The molecule has 3 nitrogen and oxygen atoms in total. The van der Waals surface area contributed by atoms with Gasteiger partial charge in [-0.05, 0) is 116 Å². The lowest BCUT2D eigenvalue weighted by Gasteiger charge is -2.39. The molecule has 9 aromatic carbocycles. The zero-order valence-electron chi connectivity index (χ0n) is 33.2. The minimum atomic E-state index is -0.541. The molecule has 3 heterocycles. The summed E-state index contributed by atoms with van der Waals surface area (Å²) in [6.07, 6.45) is 0. The van der Waals surface area contributed by atoms with Crippen LogP contribution in [0.2, 0.25) is 0 Å².